The first-order chi connectivity index (χ1) is 6.03. The van der Waals surface area contributed by atoms with E-state index in [1.54, 1.807) is 11.8 Å². The average molecular weight is 195 g/mol. The normalized spacial score (nSPS) is 11.7. The Bertz CT molecular complexity index is 276. The SMILES string of the molecule is CSc1ccccc1CC(C)(C)N. The second-order valence-electron chi connectivity index (χ2n) is 3.98. The second-order valence-corrected chi connectivity index (χ2v) is 4.83. The monoisotopic (exact) mass is 195 g/mol. The van der Waals surface area contributed by atoms with E-state index in [1.807, 2.05) is 0 Å². The molecule has 0 bridgehead atoms. The molecule has 0 heterocycles. The average Bonchev–Trinajstić information content (AvgIpc) is 2.02. The number of rotatable bonds is 3. The standard InChI is InChI=1S/C11H17NS/c1-11(2,12)8-9-6-4-5-7-10(9)13-3/h4-7H,8,12H2,1-3H3. The molecular formula is C11H17NS. The molecule has 0 amide bonds. The summed E-state index contributed by atoms with van der Waals surface area (Å²) in [6, 6.07) is 8.44. The summed E-state index contributed by atoms with van der Waals surface area (Å²) < 4.78 is 0. The van der Waals surface area contributed by atoms with E-state index in [1.165, 1.54) is 10.5 Å². The maximum absolute atomic E-state index is 5.98. The van der Waals surface area contributed by atoms with Gasteiger partial charge in [0.1, 0.15) is 0 Å². The Kier molecular flexibility index (Phi) is 3.40. The van der Waals surface area contributed by atoms with Crippen molar-refractivity contribution in [3.8, 4) is 0 Å². The molecule has 0 aromatic heterocycles. The minimum Gasteiger partial charge on any atom is -0.325 e. The smallest absolute Gasteiger partial charge is 0.0138 e. The van der Waals surface area contributed by atoms with Crippen LogP contribution < -0.4 is 5.73 Å². The first-order valence-corrected chi connectivity index (χ1v) is 5.66. The summed E-state index contributed by atoms with van der Waals surface area (Å²) in [5.74, 6) is 0. The fourth-order valence-electron chi connectivity index (χ4n) is 1.34. The molecule has 1 nitrogen and oxygen atoms in total. The van der Waals surface area contributed by atoms with Crippen LogP contribution in [0.3, 0.4) is 0 Å². The Morgan fingerprint density at radius 1 is 1.31 bits per heavy atom. The summed E-state index contributed by atoms with van der Waals surface area (Å²) in [5, 5.41) is 0. The van der Waals surface area contributed by atoms with Crippen molar-refractivity contribution in [3.63, 3.8) is 0 Å². The third-order valence-electron chi connectivity index (χ3n) is 1.84. The van der Waals surface area contributed by atoms with Gasteiger partial charge in [0.05, 0.1) is 0 Å². The topological polar surface area (TPSA) is 26.0 Å². The molecule has 13 heavy (non-hydrogen) atoms. The minimum atomic E-state index is -0.119. The van der Waals surface area contributed by atoms with Gasteiger partial charge in [0.25, 0.3) is 0 Å². The third-order valence-corrected chi connectivity index (χ3v) is 2.68. The van der Waals surface area contributed by atoms with Crippen molar-refractivity contribution in [1.29, 1.82) is 0 Å². The highest BCUT2D eigenvalue weighted by atomic mass is 32.2. The summed E-state index contributed by atoms with van der Waals surface area (Å²) in [4.78, 5) is 1.33. The highest BCUT2D eigenvalue weighted by molar-refractivity contribution is 7.98. The Balaban J connectivity index is 2.87. The van der Waals surface area contributed by atoms with E-state index in [-0.39, 0.29) is 5.54 Å². The van der Waals surface area contributed by atoms with Gasteiger partial charge in [-0.1, -0.05) is 18.2 Å². The molecule has 72 valence electrons. The Labute approximate surface area is 84.7 Å². The van der Waals surface area contributed by atoms with Crippen LogP contribution in [0.1, 0.15) is 19.4 Å². The zero-order chi connectivity index (χ0) is 9.90. The van der Waals surface area contributed by atoms with E-state index in [0.29, 0.717) is 0 Å². The molecule has 0 unspecified atom stereocenters. The molecule has 0 spiro atoms. The van der Waals surface area contributed by atoms with Crippen molar-refractivity contribution < 1.29 is 0 Å². The number of thioether (sulfide) groups is 1. The molecule has 1 aromatic rings. The quantitative estimate of drug-likeness (QED) is 0.750. The highest BCUT2D eigenvalue weighted by Crippen LogP contribution is 2.22. The van der Waals surface area contributed by atoms with Crippen LogP contribution in [0.5, 0.6) is 0 Å². The van der Waals surface area contributed by atoms with Crippen LogP contribution in [0.2, 0.25) is 0 Å². The summed E-state index contributed by atoms with van der Waals surface area (Å²) in [5.41, 5.74) is 7.21. The van der Waals surface area contributed by atoms with Crippen molar-refractivity contribution in [2.45, 2.75) is 30.7 Å². The highest BCUT2D eigenvalue weighted by Gasteiger charge is 2.13. The number of nitrogens with two attached hydrogens (primary N) is 1. The Hall–Kier alpha value is -0.470. The predicted octanol–water partition coefficient (Wildman–Crippen LogP) is 2.69. The lowest BCUT2D eigenvalue weighted by molar-refractivity contribution is 0.513. The van der Waals surface area contributed by atoms with E-state index in [9.17, 15) is 0 Å². The first-order valence-electron chi connectivity index (χ1n) is 4.44. The maximum atomic E-state index is 5.98. The summed E-state index contributed by atoms with van der Waals surface area (Å²) >= 11 is 1.78. The van der Waals surface area contributed by atoms with Gasteiger partial charge in [0, 0.05) is 10.4 Å². The molecule has 0 aliphatic heterocycles. The maximum Gasteiger partial charge on any atom is 0.0138 e. The van der Waals surface area contributed by atoms with E-state index in [2.05, 4.69) is 44.4 Å². The van der Waals surface area contributed by atoms with Crippen molar-refractivity contribution in [3.05, 3.63) is 29.8 Å². The molecule has 1 aromatic carbocycles. The van der Waals surface area contributed by atoms with Crippen molar-refractivity contribution >= 4 is 11.8 Å². The van der Waals surface area contributed by atoms with E-state index >= 15 is 0 Å². The Morgan fingerprint density at radius 2 is 1.92 bits per heavy atom. The zero-order valence-electron chi connectivity index (χ0n) is 8.50. The fourth-order valence-corrected chi connectivity index (χ4v) is 1.96. The van der Waals surface area contributed by atoms with Crippen LogP contribution in [-0.4, -0.2) is 11.8 Å². The lowest BCUT2D eigenvalue weighted by atomic mass is 9.96. The van der Waals surface area contributed by atoms with E-state index in [4.69, 9.17) is 5.73 Å². The third kappa shape index (κ3) is 3.41. The van der Waals surface area contributed by atoms with Crippen molar-refractivity contribution in [1.82, 2.24) is 0 Å². The van der Waals surface area contributed by atoms with Gasteiger partial charge in [0.2, 0.25) is 0 Å². The molecule has 0 fully saturated rings. The molecule has 2 N–H and O–H groups in total. The summed E-state index contributed by atoms with van der Waals surface area (Å²) in [7, 11) is 0. The van der Waals surface area contributed by atoms with Gasteiger partial charge < -0.3 is 5.73 Å². The predicted molar refractivity (Wildman–Crippen MR) is 60.2 cm³/mol. The van der Waals surface area contributed by atoms with Crippen LogP contribution >= 0.6 is 11.8 Å². The molecule has 0 aliphatic carbocycles. The van der Waals surface area contributed by atoms with Crippen molar-refractivity contribution in [2.24, 2.45) is 5.73 Å². The summed E-state index contributed by atoms with van der Waals surface area (Å²) in [6.07, 6.45) is 3.03. The van der Waals surface area contributed by atoms with E-state index < -0.39 is 0 Å². The lowest BCUT2D eigenvalue weighted by Crippen LogP contribution is -2.34. The number of hydrogen-bond donors (Lipinski definition) is 1. The lowest BCUT2D eigenvalue weighted by Gasteiger charge is -2.19. The van der Waals surface area contributed by atoms with Crippen LogP contribution in [0.15, 0.2) is 29.2 Å². The van der Waals surface area contributed by atoms with Gasteiger partial charge >= 0.3 is 0 Å². The fraction of sp³-hybridized carbons (Fsp3) is 0.455. The molecule has 0 atom stereocenters. The molecule has 0 radical (unpaired) electrons. The molecular weight excluding hydrogens is 178 g/mol. The van der Waals surface area contributed by atoms with Gasteiger partial charge in [0.15, 0.2) is 0 Å². The molecule has 0 saturated carbocycles. The number of benzene rings is 1. The van der Waals surface area contributed by atoms with Crippen molar-refractivity contribution in [2.75, 3.05) is 6.26 Å². The van der Waals surface area contributed by atoms with Gasteiger partial charge in [-0.25, -0.2) is 0 Å². The van der Waals surface area contributed by atoms with Crippen LogP contribution in [0.4, 0.5) is 0 Å². The van der Waals surface area contributed by atoms with Crippen LogP contribution in [-0.2, 0) is 6.42 Å². The van der Waals surface area contributed by atoms with Crippen LogP contribution in [0, 0.1) is 0 Å². The van der Waals surface area contributed by atoms with Gasteiger partial charge in [-0.05, 0) is 38.2 Å². The molecule has 1 rings (SSSR count). The largest absolute Gasteiger partial charge is 0.325 e. The Morgan fingerprint density at radius 3 is 2.46 bits per heavy atom. The zero-order valence-corrected chi connectivity index (χ0v) is 9.32. The summed E-state index contributed by atoms with van der Waals surface area (Å²) in [6.45, 7) is 4.12. The molecule has 0 aliphatic rings. The molecule has 2 heteroatoms. The number of hydrogen-bond acceptors (Lipinski definition) is 2. The van der Waals surface area contributed by atoms with E-state index in [0.717, 1.165) is 6.42 Å². The van der Waals surface area contributed by atoms with Gasteiger partial charge in [-0.2, -0.15) is 0 Å². The van der Waals surface area contributed by atoms with Gasteiger partial charge in [-0.15, -0.1) is 11.8 Å². The first kappa shape index (κ1) is 10.6. The molecule has 0 saturated heterocycles. The van der Waals surface area contributed by atoms with Crippen LogP contribution in [0.25, 0.3) is 0 Å². The second kappa shape index (κ2) is 4.16. The minimum absolute atomic E-state index is 0.119. The van der Waals surface area contributed by atoms with Gasteiger partial charge in [-0.3, -0.25) is 0 Å².